The summed E-state index contributed by atoms with van der Waals surface area (Å²) in [4.78, 5) is 0. The summed E-state index contributed by atoms with van der Waals surface area (Å²) in [6, 6.07) is 22.6. The van der Waals surface area contributed by atoms with Gasteiger partial charge in [-0.3, -0.25) is 0 Å². The Morgan fingerprint density at radius 2 is 1.51 bits per heavy atom. The third kappa shape index (κ3) is 4.26. The predicted molar refractivity (Wildman–Crippen MR) is 165 cm³/mol. The Morgan fingerprint density at radius 1 is 0.865 bits per heavy atom. The molecule has 0 nitrogen and oxygen atoms in total. The van der Waals surface area contributed by atoms with Crippen molar-refractivity contribution in [1.82, 2.24) is 0 Å². The zero-order valence-corrected chi connectivity index (χ0v) is 28.3. The van der Waals surface area contributed by atoms with E-state index in [0.29, 0.717) is 0 Å². The fourth-order valence-electron chi connectivity index (χ4n) is 6.75. The van der Waals surface area contributed by atoms with E-state index in [1.54, 1.807) is 0 Å². The maximum absolute atomic E-state index is 8.20. The van der Waals surface area contributed by atoms with Crippen LogP contribution >= 0.6 is 17.0 Å². The van der Waals surface area contributed by atoms with Crippen molar-refractivity contribution in [2.24, 2.45) is 0 Å². The number of rotatable bonds is 5. The van der Waals surface area contributed by atoms with Crippen LogP contribution in [0, 0.1) is 0 Å². The van der Waals surface area contributed by atoms with Crippen LogP contribution in [0.4, 0.5) is 0 Å². The topological polar surface area (TPSA) is 0 Å². The van der Waals surface area contributed by atoms with Crippen molar-refractivity contribution < 1.29 is 15.6 Å². The summed E-state index contributed by atoms with van der Waals surface area (Å²) >= 11 is -4.50. The molecule has 37 heavy (non-hydrogen) atoms. The van der Waals surface area contributed by atoms with Crippen molar-refractivity contribution in [2.75, 3.05) is 0 Å². The van der Waals surface area contributed by atoms with Gasteiger partial charge in [-0.25, -0.2) is 0 Å². The van der Waals surface area contributed by atoms with E-state index in [9.17, 15) is 0 Å². The minimum atomic E-state index is -4.50. The Bertz CT molecular complexity index is 1420. The zero-order valence-electron chi connectivity index (χ0n) is 23.2. The summed E-state index contributed by atoms with van der Waals surface area (Å²) in [6.45, 7) is 16.1. The van der Waals surface area contributed by atoms with E-state index in [1.807, 2.05) is 0 Å². The number of aryl methyl sites for hydroxylation is 1. The third-order valence-corrected chi connectivity index (χ3v) is 61.2. The predicted octanol–water partition coefficient (Wildman–Crippen LogP) is 10.4. The molecule has 193 valence electrons. The zero-order chi connectivity index (χ0) is 26.8. The molecular formula is C33H39Cl2SiZr. The molecule has 5 rings (SSSR count). The van der Waals surface area contributed by atoms with Crippen molar-refractivity contribution in [2.45, 2.75) is 66.8 Å². The number of halogens is 2. The van der Waals surface area contributed by atoms with E-state index >= 15 is 0 Å². The van der Waals surface area contributed by atoms with Crippen LogP contribution in [0.5, 0.6) is 0 Å². The molecule has 0 fully saturated rings. The molecule has 0 saturated heterocycles. The van der Waals surface area contributed by atoms with Gasteiger partial charge in [0, 0.05) is 0 Å². The number of allylic oxidation sites excluding steroid dienone is 2. The molecule has 3 aromatic carbocycles. The van der Waals surface area contributed by atoms with Crippen LogP contribution in [0.15, 0.2) is 72.3 Å². The van der Waals surface area contributed by atoms with Crippen LogP contribution < -0.4 is 0 Å². The Labute approximate surface area is 232 Å². The number of fused-ring (bicyclic) bond motifs is 2. The number of hydrogen-bond acceptors (Lipinski definition) is 0. The molecule has 2 aliphatic carbocycles. The fraction of sp³-hybridized carbons (Fsp3) is 0.333. The second-order valence-electron chi connectivity index (χ2n) is 12.4. The standard InChI is InChI=1S/C19H19.C12H13.C2H7Si.2ClH.Zr/c1-19(2,3)16-12-10-15(11-13-16)18-9-5-7-14-6-4-8-17(14)18;1-3-10-5-4-6-11-7-9(2)8-12(10)11;1-3-2;;;/h4-13H,1-3H3;4-8H,3H2,1-2H3;3H,1-2H3;2*1H;/q;;;;;+2/p-2. The number of hydrogen-bond donors (Lipinski definition) is 0. The van der Waals surface area contributed by atoms with Crippen molar-refractivity contribution in [3.8, 4) is 11.1 Å². The molecule has 0 bridgehead atoms. The first-order chi connectivity index (χ1) is 17.4. The molecule has 4 heteroatoms. The molecular weight excluding hydrogens is 587 g/mol. The molecule has 0 aromatic heterocycles. The van der Waals surface area contributed by atoms with E-state index in [-0.39, 0.29) is 12.7 Å². The van der Waals surface area contributed by atoms with E-state index in [2.05, 4.69) is 127 Å². The summed E-state index contributed by atoms with van der Waals surface area (Å²) < 4.78 is 0.304. The van der Waals surface area contributed by atoms with Crippen LogP contribution in [-0.4, -0.2) is 5.92 Å². The SMILES string of the molecule is CCc1cccc2c1C=C(C)[CH]2[Zr]([Cl])([Cl])([CH]1C=Cc2c(-c3ccc(C(C)(C)C)cc3)cccc21)[SiH](C)C. The first-order valence-electron chi connectivity index (χ1n) is 13.7. The Morgan fingerprint density at radius 3 is 2.14 bits per heavy atom. The van der Waals surface area contributed by atoms with E-state index < -0.39 is 21.5 Å². The summed E-state index contributed by atoms with van der Waals surface area (Å²) in [5.74, 6) is -1.47. The summed E-state index contributed by atoms with van der Waals surface area (Å²) in [7, 11) is 16.4. The van der Waals surface area contributed by atoms with Gasteiger partial charge in [-0.15, -0.1) is 0 Å². The average molecular weight is 626 g/mol. The van der Waals surface area contributed by atoms with Crippen LogP contribution in [0.25, 0.3) is 23.3 Å². The van der Waals surface area contributed by atoms with Gasteiger partial charge in [0.1, 0.15) is 0 Å². The molecule has 0 radical (unpaired) electrons. The van der Waals surface area contributed by atoms with Gasteiger partial charge < -0.3 is 0 Å². The Hall–Kier alpha value is -1.18. The molecule has 0 saturated carbocycles. The van der Waals surface area contributed by atoms with Gasteiger partial charge in [-0.05, 0) is 0 Å². The molecule has 0 heterocycles. The number of benzene rings is 3. The van der Waals surface area contributed by atoms with Gasteiger partial charge in [-0.1, -0.05) is 0 Å². The van der Waals surface area contributed by atoms with Crippen molar-refractivity contribution in [1.29, 1.82) is 0 Å². The van der Waals surface area contributed by atoms with Gasteiger partial charge in [0.15, 0.2) is 0 Å². The van der Waals surface area contributed by atoms with Gasteiger partial charge in [0.05, 0.1) is 0 Å². The fourth-order valence-corrected chi connectivity index (χ4v) is 36.9. The summed E-state index contributed by atoms with van der Waals surface area (Å²) in [5.41, 5.74) is 12.2. The first kappa shape index (κ1) is 27.4. The van der Waals surface area contributed by atoms with Gasteiger partial charge in [0.25, 0.3) is 0 Å². The quantitative estimate of drug-likeness (QED) is 0.248. The Balaban J connectivity index is 1.64. The summed E-state index contributed by atoms with van der Waals surface area (Å²) in [5, 5.41) is 0. The molecule has 2 aliphatic rings. The molecule has 3 aromatic rings. The molecule has 0 aliphatic heterocycles. The molecule has 0 spiro atoms. The maximum atomic E-state index is 8.20. The Kier molecular flexibility index (Phi) is 7.02. The minimum absolute atomic E-state index is 0.129. The second kappa shape index (κ2) is 9.48. The molecule has 2 unspecified atom stereocenters. The van der Waals surface area contributed by atoms with Crippen molar-refractivity contribution in [3.05, 3.63) is 106 Å². The van der Waals surface area contributed by atoms with E-state index in [0.717, 1.165) is 6.42 Å². The molecule has 2 atom stereocenters. The second-order valence-corrected chi connectivity index (χ2v) is 55.1. The van der Waals surface area contributed by atoms with Crippen LogP contribution in [0.1, 0.15) is 75.3 Å². The van der Waals surface area contributed by atoms with Crippen molar-refractivity contribution in [3.63, 3.8) is 0 Å². The van der Waals surface area contributed by atoms with Gasteiger partial charge in [0.2, 0.25) is 0 Å². The monoisotopic (exact) mass is 623 g/mol. The van der Waals surface area contributed by atoms with Crippen LogP contribution in [-0.2, 0) is 27.4 Å². The molecule has 0 amide bonds. The molecule has 0 N–H and O–H groups in total. The normalized spacial score (nSPS) is 19.9. The van der Waals surface area contributed by atoms with Gasteiger partial charge in [-0.2, -0.15) is 0 Å². The van der Waals surface area contributed by atoms with Gasteiger partial charge >= 0.3 is 234 Å². The van der Waals surface area contributed by atoms with Crippen LogP contribution in [0.3, 0.4) is 0 Å². The third-order valence-electron chi connectivity index (χ3n) is 8.99. The van der Waals surface area contributed by atoms with E-state index in [4.69, 9.17) is 17.0 Å². The average Bonchev–Trinajstić information content (AvgIpc) is 3.45. The van der Waals surface area contributed by atoms with E-state index in [1.165, 1.54) is 50.1 Å². The van der Waals surface area contributed by atoms with Crippen LogP contribution in [0.2, 0.25) is 13.1 Å². The van der Waals surface area contributed by atoms with Crippen molar-refractivity contribution >= 4 is 35.1 Å². The summed E-state index contributed by atoms with van der Waals surface area (Å²) in [6.07, 6.45) is 8.11. The first-order valence-corrected chi connectivity index (χ1v) is 30.0.